The number of nitrogens with zero attached hydrogens (tertiary/aromatic N) is 2. The Labute approximate surface area is 272 Å². The van der Waals surface area contributed by atoms with E-state index in [0.717, 1.165) is 11.8 Å². The molecule has 2 aromatic rings. The monoisotopic (exact) mass is 655 g/mol. The van der Waals surface area contributed by atoms with Gasteiger partial charge in [0.15, 0.2) is 5.12 Å². The van der Waals surface area contributed by atoms with Gasteiger partial charge in [0, 0.05) is 19.7 Å². The zero-order valence-corrected chi connectivity index (χ0v) is 27.9. The Morgan fingerprint density at radius 2 is 1.51 bits per heavy atom. The molecule has 0 fully saturated rings. The number of fused-ring (bicyclic) bond motifs is 1. The Bertz CT molecular complexity index is 1360. The minimum atomic E-state index is -0.939. The second-order valence-electron chi connectivity index (χ2n) is 11.8. The van der Waals surface area contributed by atoms with Gasteiger partial charge >= 0.3 is 0 Å². The van der Waals surface area contributed by atoms with Crippen LogP contribution in [0.1, 0.15) is 74.1 Å². The van der Waals surface area contributed by atoms with Gasteiger partial charge in [0.05, 0.1) is 16.4 Å². The summed E-state index contributed by atoms with van der Waals surface area (Å²) in [6, 6.07) is 9.92. The molecule has 0 radical (unpaired) electrons. The highest BCUT2D eigenvalue weighted by Gasteiger charge is 2.37. The fourth-order valence-electron chi connectivity index (χ4n) is 4.81. The number of unbranched alkanes of at least 4 members (excludes halogenated alkanes) is 1. The van der Waals surface area contributed by atoms with Gasteiger partial charge in [0.2, 0.25) is 17.7 Å². The van der Waals surface area contributed by atoms with E-state index in [1.165, 1.54) is 23.6 Å². The highest BCUT2D eigenvalue weighted by molar-refractivity contribution is 8.14. The summed E-state index contributed by atoms with van der Waals surface area (Å²) < 4.78 is 0. The van der Waals surface area contributed by atoms with Crippen molar-refractivity contribution in [3.63, 3.8) is 0 Å². The maximum Gasteiger partial charge on any atom is 0.261 e. The van der Waals surface area contributed by atoms with Gasteiger partial charge in [-0.05, 0) is 61.0 Å². The molecule has 0 aliphatic carbocycles. The third-order valence-corrected chi connectivity index (χ3v) is 8.86. The van der Waals surface area contributed by atoms with Gasteiger partial charge in [0.1, 0.15) is 17.9 Å². The number of benzene rings is 1. The van der Waals surface area contributed by atoms with E-state index >= 15 is 0 Å². The first-order valence-electron chi connectivity index (χ1n) is 14.8. The van der Waals surface area contributed by atoms with E-state index in [2.05, 4.69) is 20.9 Å². The van der Waals surface area contributed by atoms with E-state index < -0.39 is 40.5 Å². The SMILES string of the molecule is CSCC[C@H](NC(=O)[C@H](CCCCN1C(=O)c2ccccc2C1=O)SC(C)=O)C(=O)N[C@H](C(=O)Nc1ccccn1)C(C)(C)C. The molecule has 0 bridgehead atoms. The number of imide groups is 1. The molecule has 3 atom stereocenters. The van der Waals surface area contributed by atoms with Crippen LogP contribution in [0.15, 0.2) is 48.7 Å². The Balaban J connectivity index is 1.64. The highest BCUT2D eigenvalue weighted by Crippen LogP contribution is 2.25. The number of aromatic nitrogens is 1. The standard InChI is InChI=1S/C32H41N5O6S2/c1-20(38)45-24(14-9-11-18-37-30(42)21-12-6-7-13-22(21)31(37)43)28(40)34-23(16-19-44-5)27(39)36-26(32(2,3)4)29(41)35-25-15-8-10-17-33-25/h6-8,10,12-13,15,17,23-24,26H,9,11,14,16,18-19H2,1-5H3,(H,34,40)(H,36,39)(H,33,35,41)/t23-,24-,26+/m0/s1. The molecule has 1 aromatic carbocycles. The van der Waals surface area contributed by atoms with Crippen molar-refractivity contribution >= 4 is 64.0 Å². The number of hydrogen-bond acceptors (Lipinski definition) is 9. The van der Waals surface area contributed by atoms with Crippen LogP contribution in [0.4, 0.5) is 5.82 Å². The van der Waals surface area contributed by atoms with Crippen molar-refractivity contribution in [1.29, 1.82) is 0 Å². The van der Waals surface area contributed by atoms with Crippen LogP contribution in [0.5, 0.6) is 0 Å². The van der Waals surface area contributed by atoms with Crippen LogP contribution in [0.3, 0.4) is 0 Å². The molecule has 2 heterocycles. The number of hydrogen-bond donors (Lipinski definition) is 3. The maximum atomic E-state index is 13.5. The molecule has 1 aliphatic rings. The van der Waals surface area contributed by atoms with E-state index in [1.54, 1.807) is 48.7 Å². The van der Waals surface area contributed by atoms with Crippen LogP contribution < -0.4 is 16.0 Å². The van der Waals surface area contributed by atoms with Crippen LogP contribution in [-0.2, 0) is 19.2 Å². The number of rotatable bonds is 15. The van der Waals surface area contributed by atoms with Gasteiger partial charge in [-0.3, -0.25) is 33.7 Å². The molecule has 0 spiro atoms. The molecular formula is C32H41N5O6S2. The summed E-state index contributed by atoms with van der Waals surface area (Å²) in [6.07, 6.45) is 4.96. The molecule has 45 heavy (non-hydrogen) atoms. The molecule has 3 N–H and O–H groups in total. The fourth-order valence-corrected chi connectivity index (χ4v) is 6.14. The fraction of sp³-hybridized carbons (Fsp3) is 0.469. The molecule has 1 aromatic heterocycles. The lowest BCUT2D eigenvalue weighted by Gasteiger charge is -2.32. The molecule has 13 heteroatoms. The van der Waals surface area contributed by atoms with Crippen molar-refractivity contribution < 1.29 is 28.8 Å². The summed E-state index contributed by atoms with van der Waals surface area (Å²) in [7, 11) is 0. The lowest BCUT2D eigenvalue weighted by atomic mass is 9.85. The third-order valence-electron chi connectivity index (χ3n) is 7.15. The van der Waals surface area contributed by atoms with Gasteiger partial charge in [-0.15, -0.1) is 0 Å². The number of carbonyl (C=O) groups is 6. The quantitative estimate of drug-likeness (QED) is 0.191. The van der Waals surface area contributed by atoms with Gasteiger partial charge in [0.25, 0.3) is 11.8 Å². The van der Waals surface area contributed by atoms with Crippen LogP contribution >= 0.6 is 23.5 Å². The second kappa shape index (κ2) is 16.6. The number of amides is 5. The summed E-state index contributed by atoms with van der Waals surface area (Å²) in [4.78, 5) is 82.8. The largest absolute Gasteiger partial charge is 0.343 e. The average Bonchev–Trinajstić information content (AvgIpc) is 3.23. The second-order valence-corrected chi connectivity index (χ2v) is 14.1. The first-order valence-corrected chi connectivity index (χ1v) is 17.0. The smallest absolute Gasteiger partial charge is 0.261 e. The first-order chi connectivity index (χ1) is 21.3. The summed E-state index contributed by atoms with van der Waals surface area (Å²) in [6.45, 7) is 7.04. The normalized spacial score (nSPS) is 14.7. The van der Waals surface area contributed by atoms with E-state index in [-0.39, 0.29) is 23.5 Å². The molecule has 1 aliphatic heterocycles. The van der Waals surface area contributed by atoms with Crippen molar-refractivity contribution in [3.05, 3.63) is 59.8 Å². The van der Waals surface area contributed by atoms with Crippen LogP contribution in [0.2, 0.25) is 0 Å². The van der Waals surface area contributed by atoms with Crippen LogP contribution in [0, 0.1) is 5.41 Å². The van der Waals surface area contributed by atoms with Gasteiger partial charge < -0.3 is 16.0 Å². The third kappa shape index (κ3) is 10.1. The summed E-state index contributed by atoms with van der Waals surface area (Å²) in [5.41, 5.74) is 0.100. The number of anilines is 1. The summed E-state index contributed by atoms with van der Waals surface area (Å²) >= 11 is 2.39. The van der Waals surface area contributed by atoms with Crippen molar-refractivity contribution in [2.45, 2.75) is 70.7 Å². The van der Waals surface area contributed by atoms with Gasteiger partial charge in [-0.1, -0.05) is 57.2 Å². The Morgan fingerprint density at radius 1 is 0.867 bits per heavy atom. The molecule has 0 saturated heterocycles. The minimum Gasteiger partial charge on any atom is -0.343 e. The Hall–Kier alpha value is -3.71. The predicted molar refractivity (Wildman–Crippen MR) is 177 cm³/mol. The number of pyridine rings is 1. The lowest BCUT2D eigenvalue weighted by molar-refractivity contribution is -0.132. The molecule has 5 amide bonds. The lowest BCUT2D eigenvalue weighted by Crippen LogP contribution is -2.57. The molecular weight excluding hydrogens is 615 g/mol. The predicted octanol–water partition coefficient (Wildman–Crippen LogP) is 3.90. The Morgan fingerprint density at radius 3 is 2.07 bits per heavy atom. The van der Waals surface area contributed by atoms with Crippen molar-refractivity contribution in [1.82, 2.24) is 20.5 Å². The first kappa shape index (κ1) is 35.8. The topological polar surface area (TPSA) is 155 Å². The zero-order chi connectivity index (χ0) is 33.1. The number of carbonyl (C=O) groups excluding carboxylic acids is 6. The maximum absolute atomic E-state index is 13.5. The van der Waals surface area contributed by atoms with Crippen LogP contribution in [-0.4, -0.2) is 80.4 Å². The van der Waals surface area contributed by atoms with Crippen LogP contribution in [0.25, 0.3) is 0 Å². The number of thioether (sulfide) groups is 2. The van der Waals surface area contributed by atoms with Gasteiger partial charge in [-0.2, -0.15) is 11.8 Å². The molecule has 0 unspecified atom stereocenters. The van der Waals surface area contributed by atoms with Crippen molar-refractivity contribution in [3.8, 4) is 0 Å². The highest BCUT2D eigenvalue weighted by atomic mass is 32.2. The van der Waals surface area contributed by atoms with Crippen molar-refractivity contribution in [2.24, 2.45) is 5.41 Å². The van der Waals surface area contributed by atoms with Gasteiger partial charge in [-0.25, -0.2) is 4.98 Å². The molecule has 3 rings (SSSR count). The van der Waals surface area contributed by atoms with E-state index in [9.17, 15) is 28.8 Å². The molecule has 11 nitrogen and oxygen atoms in total. The van der Waals surface area contributed by atoms with E-state index in [0.29, 0.717) is 48.4 Å². The summed E-state index contributed by atoms with van der Waals surface area (Å²) in [5.74, 6) is -1.17. The zero-order valence-electron chi connectivity index (χ0n) is 26.3. The minimum absolute atomic E-state index is 0.193. The average molecular weight is 656 g/mol. The number of nitrogens with one attached hydrogen (secondary N) is 3. The van der Waals surface area contributed by atoms with E-state index in [4.69, 9.17) is 0 Å². The molecule has 242 valence electrons. The summed E-state index contributed by atoms with van der Waals surface area (Å²) in [5, 5.41) is 7.34. The molecule has 0 saturated carbocycles. The Kier molecular flexibility index (Phi) is 13.2. The van der Waals surface area contributed by atoms with E-state index in [1.807, 2.05) is 27.0 Å². The van der Waals surface area contributed by atoms with Crippen molar-refractivity contribution in [2.75, 3.05) is 23.9 Å².